The summed E-state index contributed by atoms with van der Waals surface area (Å²) in [7, 11) is 0. The van der Waals surface area contributed by atoms with E-state index >= 15 is 0 Å². The average molecular weight is 993 g/mol. The van der Waals surface area contributed by atoms with Gasteiger partial charge in [-0.2, -0.15) is 0 Å². The first kappa shape index (κ1) is 46.9. The topological polar surface area (TPSA) is 32.8 Å². The van der Waals surface area contributed by atoms with E-state index in [4.69, 9.17) is 8.83 Å². The van der Waals surface area contributed by atoms with E-state index in [0.717, 1.165) is 56.5 Å². The highest BCUT2D eigenvalue weighted by Gasteiger charge is 2.31. The van der Waals surface area contributed by atoms with Gasteiger partial charge in [-0.1, -0.05) is 188 Å². The molecule has 4 nitrogen and oxygen atoms in total. The van der Waals surface area contributed by atoms with Crippen LogP contribution in [0.5, 0.6) is 0 Å². The lowest BCUT2D eigenvalue weighted by atomic mass is 9.83. The van der Waals surface area contributed by atoms with Gasteiger partial charge in [0.15, 0.2) is 11.2 Å². The van der Waals surface area contributed by atoms with Crippen LogP contribution < -0.4 is 9.80 Å². The molecule has 14 rings (SSSR count). The molecule has 76 heavy (non-hydrogen) atoms. The third-order valence-electron chi connectivity index (χ3n) is 18.0. The molecule has 2 fully saturated rings. The molecular weight excluding hydrogens is 925 g/mol. The first-order valence-corrected chi connectivity index (χ1v) is 28.6. The van der Waals surface area contributed by atoms with E-state index in [0.29, 0.717) is 11.8 Å². The van der Waals surface area contributed by atoms with Gasteiger partial charge in [0, 0.05) is 43.7 Å². The Bertz CT molecular complexity index is 3890. The largest absolute Gasteiger partial charge is 0.454 e. The predicted molar refractivity (Wildman–Crippen MR) is 323 cm³/mol. The van der Waals surface area contributed by atoms with Gasteiger partial charge >= 0.3 is 0 Å². The third-order valence-corrected chi connectivity index (χ3v) is 18.0. The lowest BCUT2D eigenvalue weighted by molar-refractivity contribution is 0.442. The highest BCUT2D eigenvalue weighted by Crippen LogP contribution is 2.55. The zero-order chi connectivity index (χ0) is 51.3. The summed E-state index contributed by atoms with van der Waals surface area (Å²) in [5, 5.41) is 12.4. The highest BCUT2D eigenvalue weighted by atomic mass is 16.3. The molecule has 2 aromatic heterocycles. The van der Waals surface area contributed by atoms with Gasteiger partial charge in [0.1, 0.15) is 11.2 Å². The number of hydrogen-bond acceptors (Lipinski definition) is 4. The molecule has 2 aliphatic rings. The SMILES string of the molecule is Cc1ccc2c(oc3c(C4CCCCC4)cccc32)c1N(c1ccccc1)c1cc(C(C)C)c2ccc3c(N(c4ccccc4)c4c(C)ccc5c4oc4c(C6CCCCC6)cccc45)cc(C(C)C)c4ccc1c2c43. The number of nitrogens with zero attached hydrogens (tertiary/aromatic N) is 2. The zero-order valence-electron chi connectivity index (χ0n) is 45.1. The van der Waals surface area contributed by atoms with Crippen LogP contribution in [0, 0.1) is 13.8 Å². The number of rotatable bonds is 10. The third kappa shape index (κ3) is 7.37. The minimum absolute atomic E-state index is 0.249. The zero-order valence-corrected chi connectivity index (χ0v) is 45.1. The standard InChI is InChI=1S/C72H68N2O2/c1-43(2)61-41-63(73(49-25-15-9-16-26-49)67-45(5)33-35-57-55-31-19-29-51(69(55)75-71(57)67)47-21-11-7-12-22-47)59-40-38-54-62(44(3)4)42-64(60-39-37-53(61)65(59)66(54)60)74(50-27-17-10-18-28-50)68-46(6)34-36-58-56-32-20-30-52(70(56)76-72(58)68)48-23-13-8-14-24-48/h9-10,15-20,25-44,47-48H,7-8,11-14,21-24H2,1-6H3. The quantitative estimate of drug-likeness (QED) is 0.128. The highest BCUT2D eigenvalue weighted by molar-refractivity contribution is 6.30. The first-order valence-electron chi connectivity index (χ1n) is 28.6. The van der Waals surface area contributed by atoms with E-state index in [-0.39, 0.29) is 11.8 Å². The molecular formula is C72H68N2O2. The summed E-state index contributed by atoms with van der Waals surface area (Å²) in [4.78, 5) is 5.07. The van der Waals surface area contributed by atoms with Crippen LogP contribution in [0.25, 0.3) is 76.2 Å². The number of aryl methyl sites for hydroxylation is 2. The van der Waals surface area contributed by atoms with Crippen LogP contribution >= 0.6 is 0 Å². The molecule has 0 saturated heterocycles. The van der Waals surface area contributed by atoms with Gasteiger partial charge in [0.05, 0.1) is 22.7 Å². The van der Waals surface area contributed by atoms with Crippen LogP contribution in [0.2, 0.25) is 0 Å². The lowest BCUT2D eigenvalue weighted by Crippen LogP contribution is -2.14. The van der Waals surface area contributed by atoms with Crippen molar-refractivity contribution in [3.63, 3.8) is 0 Å². The molecule has 4 heteroatoms. The van der Waals surface area contributed by atoms with Crippen molar-refractivity contribution < 1.29 is 8.83 Å². The summed E-state index contributed by atoms with van der Waals surface area (Å²) < 4.78 is 14.8. The van der Waals surface area contributed by atoms with Crippen molar-refractivity contribution in [2.75, 3.05) is 9.80 Å². The Hall–Kier alpha value is -7.56. The van der Waals surface area contributed by atoms with Gasteiger partial charge in [-0.3, -0.25) is 0 Å². The molecule has 2 saturated carbocycles. The molecule has 0 aliphatic heterocycles. The van der Waals surface area contributed by atoms with Crippen molar-refractivity contribution >= 4 is 110 Å². The van der Waals surface area contributed by atoms with Gasteiger partial charge in [0.25, 0.3) is 0 Å². The second kappa shape index (κ2) is 18.6. The second-order valence-corrected chi connectivity index (χ2v) is 23.2. The Morgan fingerprint density at radius 1 is 0.368 bits per heavy atom. The van der Waals surface area contributed by atoms with Crippen LogP contribution in [0.15, 0.2) is 167 Å². The van der Waals surface area contributed by atoms with Crippen LogP contribution in [-0.4, -0.2) is 0 Å². The number of hydrogen-bond donors (Lipinski definition) is 0. The number of para-hydroxylation sites is 4. The van der Waals surface area contributed by atoms with Crippen LogP contribution in [0.3, 0.4) is 0 Å². The molecule has 378 valence electrons. The normalized spacial score (nSPS) is 15.1. The number of anilines is 6. The fraction of sp³-hybridized carbons (Fsp3) is 0.278. The maximum absolute atomic E-state index is 7.39. The van der Waals surface area contributed by atoms with E-state index in [9.17, 15) is 0 Å². The fourth-order valence-corrected chi connectivity index (χ4v) is 14.2. The Labute approximate surface area is 447 Å². The number of furan rings is 2. The maximum Gasteiger partial charge on any atom is 0.159 e. The fourth-order valence-electron chi connectivity index (χ4n) is 14.2. The van der Waals surface area contributed by atoms with Crippen molar-refractivity contribution in [3.05, 3.63) is 191 Å². The van der Waals surface area contributed by atoms with Crippen molar-refractivity contribution in [1.29, 1.82) is 0 Å². The summed E-state index contributed by atoms with van der Waals surface area (Å²) >= 11 is 0. The molecule has 0 atom stereocenters. The van der Waals surface area contributed by atoms with Gasteiger partial charge in [-0.25, -0.2) is 0 Å². The van der Waals surface area contributed by atoms with Gasteiger partial charge in [0.2, 0.25) is 0 Å². The van der Waals surface area contributed by atoms with Gasteiger partial charge in [-0.05, 0) is 155 Å². The predicted octanol–water partition coefficient (Wildman–Crippen LogP) is 22.3. The molecule has 2 heterocycles. The smallest absolute Gasteiger partial charge is 0.159 e. The molecule has 0 radical (unpaired) electrons. The number of fused-ring (bicyclic) bond motifs is 6. The van der Waals surface area contributed by atoms with Gasteiger partial charge in [-0.15, -0.1) is 0 Å². The molecule has 0 unspecified atom stereocenters. The summed E-state index contributed by atoms with van der Waals surface area (Å²) in [5.74, 6) is 1.54. The minimum Gasteiger partial charge on any atom is -0.454 e. The maximum atomic E-state index is 7.39. The molecule has 0 amide bonds. The van der Waals surface area contributed by atoms with Crippen molar-refractivity contribution in [3.8, 4) is 0 Å². The summed E-state index contributed by atoms with van der Waals surface area (Å²) in [5.41, 5.74) is 18.5. The van der Waals surface area contributed by atoms with Gasteiger partial charge < -0.3 is 18.6 Å². The van der Waals surface area contributed by atoms with Crippen molar-refractivity contribution in [2.24, 2.45) is 0 Å². The van der Waals surface area contributed by atoms with E-state index in [2.05, 4.69) is 209 Å². The van der Waals surface area contributed by atoms with E-state index in [1.165, 1.54) is 151 Å². The van der Waals surface area contributed by atoms with Crippen molar-refractivity contribution in [1.82, 2.24) is 0 Å². The summed E-state index contributed by atoms with van der Waals surface area (Å²) in [6.45, 7) is 14.0. The van der Waals surface area contributed by atoms with Crippen LogP contribution in [-0.2, 0) is 0 Å². The summed E-state index contributed by atoms with van der Waals surface area (Å²) in [6, 6.07) is 59.8. The average Bonchev–Trinajstić information content (AvgIpc) is 4.10. The monoisotopic (exact) mass is 993 g/mol. The molecule has 10 aromatic carbocycles. The van der Waals surface area contributed by atoms with E-state index < -0.39 is 0 Å². The second-order valence-electron chi connectivity index (χ2n) is 23.2. The molecule has 2 aliphatic carbocycles. The minimum atomic E-state index is 0.249. The molecule has 0 bridgehead atoms. The molecule has 0 spiro atoms. The molecule has 12 aromatic rings. The number of benzene rings is 10. The Kier molecular flexibility index (Phi) is 11.5. The molecule has 0 N–H and O–H groups in total. The Balaban J connectivity index is 1.06. The first-order chi connectivity index (χ1) is 37.2. The van der Waals surface area contributed by atoms with Crippen molar-refractivity contribution in [2.45, 2.75) is 129 Å². The van der Waals surface area contributed by atoms with Crippen LogP contribution in [0.4, 0.5) is 34.1 Å². The Morgan fingerprint density at radius 3 is 1.13 bits per heavy atom. The summed E-state index contributed by atoms with van der Waals surface area (Å²) in [6.07, 6.45) is 12.7. The van der Waals surface area contributed by atoms with E-state index in [1.807, 2.05) is 0 Å². The van der Waals surface area contributed by atoms with Crippen LogP contribution in [0.1, 0.15) is 149 Å². The Morgan fingerprint density at radius 2 is 0.737 bits per heavy atom. The van der Waals surface area contributed by atoms with E-state index in [1.54, 1.807) is 0 Å². The lowest BCUT2D eigenvalue weighted by Gasteiger charge is -2.32.